The van der Waals surface area contributed by atoms with Crippen molar-refractivity contribution < 1.29 is 4.79 Å². The van der Waals surface area contributed by atoms with Crippen LogP contribution in [0.3, 0.4) is 0 Å². The van der Waals surface area contributed by atoms with E-state index in [2.05, 4.69) is 39.5 Å². The van der Waals surface area contributed by atoms with Gasteiger partial charge in [-0.3, -0.25) is 14.7 Å². The Morgan fingerprint density at radius 2 is 2.25 bits per heavy atom. The SMILES string of the molecule is O=C(NC1=NCCS1)C1CCN(Cc2ccccc2)C1. The number of likely N-dealkylation sites (tertiary alicyclic amines) is 1. The van der Waals surface area contributed by atoms with E-state index >= 15 is 0 Å². The second-order valence-corrected chi connectivity index (χ2v) is 6.31. The predicted octanol–water partition coefficient (Wildman–Crippen LogP) is 1.73. The summed E-state index contributed by atoms with van der Waals surface area (Å²) in [5.74, 6) is 1.22. The Labute approximate surface area is 123 Å². The van der Waals surface area contributed by atoms with Crippen LogP contribution in [0, 0.1) is 5.92 Å². The Hall–Kier alpha value is -1.33. The van der Waals surface area contributed by atoms with E-state index in [0.717, 1.165) is 43.5 Å². The Bertz CT molecular complexity index is 503. The summed E-state index contributed by atoms with van der Waals surface area (Å²) in [6, 6.07) is 10.4. The number of aliphatic imine (C=N–C) groups is 1. The average Bonchev–Trinajstić information content (AvgIpc) is 3.11. The molecule has 1 saturated heterocycles. The molecular formula is C15H19N3OS. The molecule has 106 valence electrons. The first-order valence-electron chi connectivity index (χ1n) is 7.05. The van der Waals surface area contributed by atoms with Crippen molar-refractivity contribution in [3.63, 3.8) is 0 Å². The van der Waals surface area contributed by atoms with Gasteiger partial charge in [0.15, 0.2) is 5.17 Å². The monoisotopic (exact) mass is 289 g/mol. The minimum atomic E-state index is 0.0996. The molecule has 0 saturated carbocycles. The lowest BCUT2D eigenvalue weighted by Gasteiger charge is -2.15. The van der Waals surface area contributed by atoms with Crippen LogP contribution in [0.4, 0.5) is 0 Å². The number of benzene rings is 1. The molecule has 0 aromatic heterocycles. The van der Waals surface area contributed by atoms with E-state index in [4.69, 9.17) is 0 Å². The maximum atomic E-state index is 12.2. The highest BCUT2D eigenvalue weighted by Gasteiger charge is 2.29. The molecular weight excluding hydrogens is 270 g/mol. The van der Waals surface area contributed by atoms with Crippen molar-refractivity contribution in [2.45, 2.75) is 13.0 Å². The molecule has 3 rings (SSSR count). The summed E-state index contributed by atoms with van der Waals surface area (Å²) in [4.78, 5) is 18.8. The van der Waals surface area contributed by atoms with Gasteiger partial charge in [-0.15, -0.1) is 0 Å². The predicted molar refractivity (Wildman–Crippen MR) is 82.7 cm³/mol. The van der Waals surface area contributed by atoms with Crippen LogP contribution in [0.25, 0.3) is 0 Å². The number of rotatable bonds is 3. The summed E-state index contributed by atoms with van der Waals surface area (Å²) >= 11 is 1.64. The lowest BCUT2D eigenvalue weighted by atomic mass is 10.1. The number of carbonyl (C=O) groups excluding carboxylic acids is 1. The molecule has 20 heavy (non-hydrogen) atoms. The highest BCUT2D eigenvalue weighted by Crippen LogP contribution is 2.19. The van der Waals surface area contributed by atoms with Gasteiger partial charge < -0.3 is 5.32 Å². The maximum Gasteiger partial charge on any atom is 0.230 e. The third-order valence-electron chi connectivity index (χ3n) is 3.71. The van der Waals surface area contributed by atoms with E-state index in [1.54, 1.807) is 11.8 Å². The fourth-order valence-electron chi connectivity index (χ4n) is 2.65. The maximum absolute atomic E-state index is 12.2. The molecule has 0 spiro atoms. The van der Waals surface area contributed by atoms with Crippen molar-refractivity contribution in [3.05, 3.63) is 35.9 Å². The van der Waals surface area contributed by atoms with Gasteiger partial charge in [-0.1, -0.05) is 42.1 Å². The van der Waals surface area contributed by atoms with Gasteiger partial charge in [0.25, 0.3) is 0 Å². The Morgan fingerprint density at radius 1 is 1.40 bits per heavy atom. The van der Waals surface area contributed by atoms with Gasteiger partial charge in [-0.25, -0.2) is 0 Å². The van der Waals surface area contributed by atoms with Crippen molar-refractivity contribution in [3.8, 4) is 0 Å². The van der Waals surface area contributed by atoms with Gasteiger partial charge in [0.2, 0.25) is 5.91 Å². The average molecular weight is 289 g/mol. The van der Waals surface area contributed by atoms with E-state index < -0.39 is 0 Å². The number of hydrogen-bond donors (Lipinski definition) is 1. The minimum Gasteiger partial charge on any atom is -0.305 e. The van der Waals surface area contributed by atoms with Gasteiger partial charge in [0.1, 0.15) is 0 Å². The zero-order valence-electron chi connectivity index (χ0n) is 11.4. The molecule has 1 fully saturated rings. The van der Waals surface area contributed by atoms with Crippen LogP contribution in [-0.4, -0.2) is 41.4 Å². The van der Waals surface area contributed by atoms with Crippen LogP contribution in [-0.2, 0) is 11.3 Å². The zero-order chi connectivity index (χ0) is 13.8. The van der Waals surface area contributed by atoms with E-state index in [1.807, 2.05) is 6.07 Å². The lowest BCUT2D eigenvalue weighted by Crippen LogP contribution is -2.35. The van der Waals surface area contributed by atoms with Gasteiger partial charge >= 0.3 is 0 Å². The van der Waals surface area contributed by atoms with E-state index in [9.17, 15) is 4.79 Å². The number of thioether (sulfide) groups is 1. The first-order valence-corrected chi connectivity index (χ1v) is 8.04. The Morgan fingerprint density at radius 3 is 3.00 bits per heavy atom. The molecule has 1 aromatic rings. The minimum absolute atomic E-state index is 0.0996. The highest BCUT2D eigenvalue weighted by molar-refractivity contribution is 8.14. The molecule has 5 heteroatoms. The molecule has 2 aliphatic heterocycles. The van der Waals surface area contributed by atoms with Gasteiger partial charge in [-0.2, -0.15) is 0 Å². The molecule has 1 amide bonds. The molecule has 1 unspecified atom stereocenters. The van der Waals surface area contributed by atoms with Crippen molar-refractivity contribution in [1.29, 1.82) is 0 Å². The number of amidine groups is 1. The molecule has 2 aliphatic rings. The van der Waals surface area contributed by atoms with Crippen LogP contribution < -0.4 is 5.32 Å². The number of carbonyl (C=O) groups is 1. The number of nitrogens with one attached hydrogen (secondary N) is 1. The van der Waals surface area contributed by atoms with E-state index in [-0.39, 0.29) is 11.8 Å². The summed E-state index contributed by atoms with van der Waals surface area (Å²) in [5, 5.41) is 3.75. The largest absolute Gasteiger partial charge is 0.305 e. The first kappa shape index (κ1) is 13.6. The van der Waals surface area contributed by atoms with Gasteiger partial charge in [-0.05, 0) is 18.5 Å². The quantitative estimate of drug-likeness (QED) is 0.921. The Balaban J connectivity index is 1.50. The van der Waals surface area contributed by atoms with E-state index in [0.29, 0.717) is 0 Å². The summed E-state index contributed by atoms with van der Waals surface area (Å²) in [6.07, 6.45) is 0.941. The van der Waals surface area contributed by atoms with Crippen LogP contribution in [0.15, 0.2) is 35.3 Å². The molecule has 0 aliphatic carbocycles. The molecule has 0 radical (unpaired) electrons. The Kier molecular flexibility index (Phi) is 4.38. The summed E-state index contributed by atoms with van der Waals surface area (Å²) in [5.41, 5.74) is 1.31. The van der Waals surface area contributed by atoms with Crippen LogP contribution in [0.1, 0.15) is 12.0 Å². The molecule has 1 atom stereocenters. The summed E-state index contributed by atoms with van der Waals surface area (Å²) in [6.45, 7) is 3.59. The van der Waals surface area contributed by atoms with Crippen LogP contribution in [0.5, 0.6) is 0 Å². The first-order chi connectivity index (χ1) is 9.81. The fourth-order valence-corrected chi connectivity index (χ4v) is 3.38. The number of nitrogens with zero attached hydrogens (tertiary/aromatic N) is 2. The standard InChI is InChI=1S/C15H19N3OS/c19-14(17-15-16-7-9-20-15)13-6-8-18(11-13)10-12-4-2-1-3-5-12/h1-5,13H,6-11H2,(H,16,17,19). The molecule has 4 nitrogen and oxygen atoms in total. The van der Waals surface area contributed by atoms with Crippen molar-refractivity contribution >= 4 is 22.8 Å². The molecule has 0 bridgehead atoms. The normalized spacial score (nSPS) is 22.8. The lowest BCUT2D eigenvalue weighted by molar-refractivity contribution is -0.123. The molecule has 1 aromatic carbocycles. The van der Waals surface area contributed by atoms with Crippen LogP contribution in [0.2, 0.25) is 0 Å². The highest BCUT2D eigenvalue weighted by atomic mass is 32.2. The van der Waals surface area contributed by atoms with Crippen molar-refractivity contribution in [2.75, 3.05) is 25.4 Å². The fraction of sp³-hybridized carbons (Fsp3) is 0.467. The molecule has 2 heterocycles. The number of amides is 1. The van der Waals surface area contributed by atoms with Gasteiger partial charge in [0.05, 0.1) is 12.5 Å². The smallest absolute Gasteiger partial charge is 0.230 e. The summed E-state index contributed by atoms with van der Waals surface area (Å²) in [7, 11) is 0. The summed E-state index contributed by atoms with van der Waals surface area (Å²) < 4.78 is 0. The second kappa shape index (κ2) is 6.41. The van der Waals surface area contributed by atoms with Gasteiger partial charge in [0, 0.05) is 18.8 Å². The zero-order valence-corrected chi connectivity index (χ0v) is 12.2. The molecule has 1 N–H and O–H groups in total. The van der Waals surface area contributed by atoms with Crippen LogP contribution >= 0.6 is 11.8 Å². The second-order valence-electron chi connectivity index (χ2n) is 5.23. The van der Waals surface area contributed by atoms with Crippen molar-refractivity contribution in [2.24, 2.45) is 10.9 Å². The third-order valence-corrected chi connectivity index (χ3v) is 4.60. The third kappa shape index (κ3) is 3.41. The van der Waals surface area contributed by atoms with E-state index in [1.165, 1.54) is 5.56 Å². The van der Waals surface area contributed by atoms with Crippen molar-refractivity contribution in [1.82, 2.24) is 10.2 Å². The topological polar surface area (TPSA) is 44.7 Å². The number of hydrogen-bond acceptors (Lipinski definition) is 4.